The molecule has 0 amide bonds. The van der Waals surface area contributed by atoms with E-state index in [4.69, 9.17) is 24.4 Å². The number of hydrogen-bond donors (Lipinski definition) is 1. The molecular weight excluding hydrogens is 279 g/mol. The number of carbonyl (C=O) groups excluding carboxylic acids is 3. The van der Waals surface area contributed by atoms with Crippen LogP contribution in [-0.4, -0.2) is 28.6 Å². The molecule has 0 aliphatic rings. The molecule has 0 radical (unpaired) electrons. The third kappa shape index (κ3) is 12.5. The Morgan fingerprint density at radius 3 is 1.28 bits per heavy atom. The number of phosphoric acid groups is 1. The minimum atomic E-state index is -5.39. The molecule has 0 rings (SSSR count). The SMILES string of the molecule is O=C([O-])CC(O)(CC(=O)[O-])C(=O)[O-].O=P([O-])([O-])[O-]. The third-order valence-corrected chi connectivity index (χ3v) is 1.25. The average Bonchev–Trinajstić information content (AvgIpc) is 1.95. The maximum Gasteiger partial charge on any atom is 0.114 e. The molecular formula is C6H5O11P-6. The van der Waals surface area contributed by atoms with Gasteiger partial charge in [-0.05, 0) is 0 Å². The molecule has 11 nitrogen and oxygen atoms in total. The van der Waals surface area contributed by atoms with Crippen LogP contribution in [0.5, 0.6) is 0 Å². The van der Waals surface area contributed by atoms with E-state index in [1.807, 2.05) is 0 Å². The predicted octanol–water partition coefficient (Wildman–Crippen LogP) is -8.08. The lowest BCUT2D eigenvalue weighted by atomic mass is 9.96. The van der Waals surface area contributed by atoms with Crippen molar-refractivity contribution in [2.24, 2.45) is 0 Å². The van der Waals surface area contributed by atoms with Crippen molar-refractivity contribution in [1.82, 2.24) is 0 Å². The Hall–Kier alpha value is -1.52. The lowest BCUT2D eigenvalue weighted by Crippen LogP contribution is -2.54. The van der Waals surface area contributed by atoms with E-state index in [9.17, 15) is 29.7 Å². The van der Waals surface area contributed by atoms with Crippen molar-refractivity contribution in [2.75, 3.05) is 0 Å². The highest BCUT2D eigenvalue weighted by atomic mass is 31.2. The molecule has 106 valence electrons. The first-order valence-electron chi connectivity index (χ1n) is 3.84. The zero-order valence-corrected chi connectivity index (χ0v) is 9.29. The quantitative estimate of drug-likeness (QED) is 0.465. The zero-order valence-electron chi connectivity index (χ0n) is 8.39. The van der Waals surface area contributed by atoms with Gasteiger partial charge in [0, 0.05) is 24.8 Å². The van der Waals surface area contributed by atoms with Gasteiger partial charge in [-0.1, -0.05) is 0 Å². The number of aliphatic hydroxyl groups is 1. The van der Waals surface area contributed by atoms with E-state index in [1.165, 1.54) is 0 Å². The second kappa shape index (κ2) is 7.03. The molecule has 0 aromatic rings. The molecule has 0 bridgehead atoms. The lowest BCUT2D eigenvalue weighted by molar-refractivity contribution is -0.432. The summed E-state index contributed by atoms with van der Waals surface area (Å²) in [7, 11) is -5.39. The number of rotatable bonds is 5. The summed E-state index contributed by atoms with van der Waals surface area (Å²) in [6, 6.07) is 0. The van der Waals surface area contributed by atoms with Crippen LogP contribution in [0.25, 0.3) is 0 Å². The molecule has 0 saturated carbocycles. The van der Waals surface area contributed by atoms with Gasteiger partial charge < -0.3 is 54.1 Å². The molecule has 0 saturated heterocycles. The van der Waals surface area contributed by atoms with Crippen LogP contribution in [0.4, 0.5) is 0 Å². The van der Waals surface area contributed by atoms with Crippen LogP contribution in [-0.2, 0) is 18.9 Å². The van der Waals surface area contributed by atoms with Gasteiger partial charge in [-0.3, -0.25) is 0 Å². The molecule has 0 aromatic heterocycles. The molecule has 0 aromatic carbocycles. The smallest absolute Gasteiger partial charge is 0.114 e. The van der Waals surface area contributed by atoms with Gasteiger partial charge in [0.2, 0.25) is 0 Å². The second-order valence-electron chi connectivity index (χ2n) is 2.86. The predicted molar refractivity (Wildman–Crippen MR) is 36.8 cm³/mol. The maximum absolute atomic E-state index is 10.1. The van der Waals surface area contributed by atoms with Crippen LogP contribution >= 0.6 is 7.82 Å². The molecule has 0 heterocycles. The summed E-state index contributed by atoms with van der Waals surface area (Å²) in [6.45, 7) is 0. The average molecular weight is 284 g/mol. The Bertz CT molecular complexity index is 343. The van der Waals surface area contributed by atoms with E-state index in [2.05, 4.69) is 0 Å². The molecule has 12 heteroatoms. The topological polar surface area (TPSA) is 227 Å². The Morgan fingerprint density at radius 2 is 1.17 bits per heavy atom. The van der Waals surface area contributed by atoms with E-state index in [-0.39, 0.29) is 0 Å². The zero-order chi connectivity index (χ0) is 15.1. The fourth-order valence-electron chi connectivity index (χ4n) is 0.684. The Balaban J connectivity index is 0. The molecule has 1 N–H and O–H groups in total. The number of carboxylic acids is 3. The van der Waals surface area contributed by atoms with E-state index in [0.29, 0.717) is 0 Å². The minimum Gasteiger partial charge on any atom is -0.822 e. The normalized spacial score (nSPS) is 11.1. The first kappa shape index (κ1) is 18.8. The van der Waals surface area contributed by atoms with Gasteiger partial charge in [-0.2, -0.15) is 7.82 Å². The van der Waals surface area contributed by atoms with Crippen LogP contribution in [0, 0.1) is 0 Å². The second-order valence-corrected chi connectivity index (χ2v) is 3.76. The van der Waals surface area contributed by atoms with Crippen molar-refractivity contribution in [2.45, 2.75) is 18.4 Å². The Morgan fingerprint density at radius 1 is 0.944 bits per heavy atom. The van der Waals surface area contributed by atoms with E-state index >= 15 is 0 Å². The molecule has 18 heavy (non-hydrogen) atoms. The van der Waals surface area contributed by atoms with Crippen molar-refractivity contribution in [1.29, 1.82) is 0 Å². The van der Waals surface area contributed by atoms with Crippen molar-refractivity contribution in [3.05, 3.63) is 0 Å². The summed E-state index contributed by atoms with van der Waals surface area (Å²) >= 11 is 0. The monoisotopic (exact) mass is 284 g/mol. The number of carbonyl (C=O) groups is 3. The molecule has 0 aliphatic heterocycles. The number of aliphatic carboxylic acids is 3. The highest BCUT2D eigenvalue weighted by Gasteiger charge is 2.29. The molecule has 0 atom stereocenters. The largest absolute Gasteiger partial charge is 0.822 e. The van der Waals surface area contributed by atoms with Gasteiger partial charge in [0.25, 0.3) is 0 Å². The summed E-state index contributed by atoms with van der Waals surface area (Å²) in [5, 5.41) is 38.9. The first-order chi connectivity index (χ1) is 7.78. The van der Waals surface area contributed by atoms with Gasteiger partial charge >= 0.3 is 0 Å². The van der Waals surface area contributed by atoms with E-state index in [1.54, 1.807) is 0 Å². The first-order valence-corrected chi connectivity index (χ1v) is 5.30. The van der Waals surface area contributed by atoms with Gasteiger partial charge in [-0.15, -0.1) is 0 Å². The van der Waals surface area contributed by atoms with Crippen LogP contribution in [0.1, 0.15) is 12.8 Å². The standard InChI is InChI=1S/C6H8O7.H3O4P/c7-3(8)1-6(13,5(11)12)2-4(9)10;1-5(2,3)4/h13H,1-2H2,(H,7,8)(H,9,10)(H,11,12);(H3,1,2,3,4)/p-6. The highest BCUT2D eigenvalue weighted by molar-refractivity contribution is 7.40. The van der Waals surface area contributed by atoms with Crippen LogP contribution < -0.4 is 30.0 Å². The summed E-state index contributed by atoms with van der Waals surface area (Å²) in [4.78, 5) is 55.6. The Labute approximate surface area is 99.2 Å². The fourth-order valence-corrected chi connectivity index (χ4v) is 0.684. The van der Waals surface area contributed by atoms with Gasteiger partial charge in [0.15, 0.2) is 0 Å². The minimum absolute atomic E-state index is 1.36. The van der Waals surface area contributed by atoms with Crippen LogP contribution in [0.15, 0.2) is 0 Å². The van der Waals surface area contributed by atoms with E-state index in [0.717, 1.165) is 0 Å². The number of carboxylic acid groups (broad SMARTS) is 3. The van der Waals surface area contributed by atoms with Crippen molar-refractivity contribution >= 4 is 25.7 Å². The summed E-state index contributed by atoms with van der Waals surface area (Å²) in [6.07, 6.45) is -2.72. The van der Waals surface area contributed by atoms with E-state index < -0.39 is 44.2 Å². The van der Waals surface area contributed by atoms with Crippen molar-refractivity contribution in [3.63, 3.8) is 0 Å². The summed E-state index contributed by atoms with van der Waals surface area (Å²) < 4.78 is 8.55. The Kier molecular flexibility index (Phi) is 7.36. The van der Waals surface area contributed by atoms with Gasteiger partial charge in [-0.25, -0.2) is 0 Å². The van der Waals surface area contributed by atoms with Gasteiger partial charge in [0.05, 0.1) is 5.97 Å². The molecule has 0 fully saturated rings. The lowest BCUT2D eigenvalue weighted by Gasteiger charge is -2.36. The van der Waals surface area contributed by atoms with Crippen LogP contribution in [0.3, 0.4) is 0 Å². The summed E-state index contributed by atoms with van der Waals surface area (Å²) in [5.41, 5.74) is -2.97. The maximum atomic E-state index is 10.1. The molecule has 0 spiro atoms. The van der Waals surface area contributed by atoms with Crippen LogP contribution in [0.2, 0.25) is 0 Å². The number of hydrogen-bond acceptors (Lipinski definition) is 11. The molecule has 0 aliphatic carbocycles. The fraction of sp³-hybridized carbons (Fsp3) is 0.500. The summed E-state index contributed by atoms with van der Waals surface area (Å²) in [5.74, 6) is -5.98. The van der Waals surface area contributed by atoms with Crippen molar-refractivity contribution < 1.29 is 54.1 Å². The highest BCUT2D eigenvalue weighted by Crippen LogP contribution is 2.13. The molecule has 0 unspecified atom stereocenters. The third-order valence-electron chi connectivity index (χ3n) is 1.25. The van der Waals surface area contributed by atoms with Gasteiger partial charge in [0.1, 0.15) is 5.60 Å². The van der Waals surface area contributed by atoms with Crippen molar-refractivity contribution in [3.8, 4) is 0 Å².